The molecule has 0 aliphatic carbocycles. The summed E-state index contributed by atoms with van der Waals surface area (Å²) in [4.78, 5) is 10.5. The molecule has 1 aliphatic rings. The van der Waals surface area contributed by atoms with Gasteiger partial charge < -0.3 is 4.74 Å². The largest absolute Gasteiger partial charge is 0.376 e. The van der Waals surface area contributed by atoms with E-state index in [-0.39, 0.29) is 22.0 Å². The van der Waals surface area contributed by atoms with Crippen LogP contribution < -0.4 is 0 Å². The Labute approximate surface area is 137 Å². The van der Waals surface area contributed by atoms with Gasteiger partial charge in [0.15, 0.2) is 0 Å². The lowest BCUT2D eigenvalue weighted by Gasteiger charge is -2.13. The Kier molecular flexibility index (Phi) is 4.87. The lowest BCUT2D eigenvalue weighted by atomic mass is 10.1. The van der Waals surface area contributed by atoms with Crippen molar-refractivity contribution in [2.75, 3.05) is 6.61 Å². The lowest BCUT2D eigenvalue weighted by Crippen LogP contribution is -2.17. The van der Waals surface area contributed by atoms with Gasteiger partial charge in [-0.15, -0.1) is 5.10 Å². The second-order valence-electron chi connectivity index (χ2n) is 5.39. The molecule has 0 radical (unpaired) electrons. The number of aromatic nitrogens is 4. The summed E-state index contributed by atoms with van der Waals surface area (Å²) in [7, 11) is 0. The van der Waals surface area contributed by atoms with Crippen LogP contribution >= 0.6 is 11.8 Å². The van der Waals surface area contributed by atoms with Crippen molar-refractivity contribution in [3.05, 3.63) is 39.9 Å². The number of nitro benzene ring substituents is 1. The molecule has 8 nitrogen and oxygen atoms in total. The Hall–Kier alpha value is -2.00. The van der Waals surface area contributed by atoms with E-state index in [0.717, 1.165) is 25.0 Å². The number of hydrogen-bond acceptors (Lipinski definition) is 7. The Balaban J connectivity index is 1.70. The topological polar surface area (TPSA) is 96.0 Å². The van der Waals surface area contributed by atoms with Crippen LogP contribution in [0.3, 0.4) is 0 Å². The number of thioether (sulfide) groups is 1. The van der Waals surface area contributed by atoms with E-state index in [0.29, 0.717) is 11.7 Å². The van der Waals surface area contributed by atoms with Gasteiger partial charge in [-0.05, 0) is 35.8 Å². The van der Waals surface area contributed by atoms with Gasteiger partial charge in [0.25, 0.3) is 5.69 Å². The predicted octanol–water partition coefficient (Wildman–Crippen LogP) is 2.61. The second-order valence-corrected chi connectivity index (χ2v) is 6.70. The number of nitrogens with zero attached hydrogens (tertiary/aromatic N) is 5. The first-order chi connectivity index (χ1) is 11.1. The monoisotopic (exact) mass is 335 g/mol. The van der Waals surface area contributed by atoms with E-state index in [1.165, 1.54) is 17.8 Å². The van der Waals surface area contributed by atoms with Crippen molar-refractivity contribution >= 4 is 17.4 Å². The number of non-ortho nitro benzene ring substituents is 1. The van der Waals surface area contributed by atoms with Gasteiger partial charge in [-0.1, -0.05) is 23.9 Å². The van der Waals surface area contributed by atoms with Gasteiger partial charge in [0.2, 0.25) is 5.16 Å². The molecular formula is C14H17N5O3S. The highest BCUT2D eigenvalue weighted by atomic mass is 32.2. The first-order valence-corrected chi connectivity index (χ1v) is 8.30. The van der Waals surface area contributed by atoms with E-state index in [2.05, 4.69) is 15.5 Å². The standard InChI is InChI=1S/C14H17N5O3S/c1-10(11-4-2-5-12(8-11)19(20)21)23-14-15-16-17-18(14)9-13-6-3-7-22-13/h2,4-5,8,10,13H,3,6-7,9H2,1H3/t10-,13-/m0/s1. The van der Waals surface area contributed by atoms with Crippen LogP contribution in [-0.2, 0) is 11.3 Å². The maximum Gasteiger partial charge on any atom is 0.269 e. The van der Waals surface area contributed by atoms with Crippen molar-refractivity contribution in [2.45, 2.75) is 42.8 Å². The molecule has 0 N–H and O–H groups in total. The van der Waals surface area contributed by atoms with Gasteiger partial charge in [-0.3, -0.25) is 10.1 Å². The summed E-state index contributed by atoms with van der Waals surface area (Å²) >= 11 is 1.48. The minimum Gasteiger partial charge on any atom is -0.376 e. The highest BCUT2D eigenvalue weighted by molar-refractivity contribution is 7.99. The van der Waals surface area contributed by atoms with E-state index in [1.54, 1.807) is 16.8 Å². The summed E-state index contributed by atoms with van der Waals surface area (Å²) in [6.07, 6.45) is 2.25. The zero-order valence-corrected chi connectivity index (χ0v) is 13.5. The van der Waals surface area contributed by atoms with Crippen LogP contribution in [0.1, 0.15) is 30.6 Å². The van der Waals surface area contributed by atoms with Crippen molar-refractivity contribution in [1.82, 2.24) is 20.2 Å². The number of ether oxygens (including phenoxy) is 1. The van der Waals surface area contributed by atoms with Crippen LogP contribution in [0.4, 0.5) is 5.69 Å². The van der Waals surface area contributed by atoms with Crippen LogP contribution in [0.25, 0.3) is 0 Å². The quantitative estimate of drug-likeness (QED) is 0.455. The number of nitro groups is 1. The summed E-state index contributed by atoms with van der Waals surface area (Å²) in [6, 6.07) is 6.65. The van der Waals surface area contributed by atoms with Gasteiger partial charge in [-0.25, -0.2) is 4.68 Å². The Morgan fingerprint density at radius 2 is 2.43 bits per heavy atom. The molecule has 1 fully saturated rings. The smallest absolute Gasteiger partial charge is 0.269 e. The van der Waals surface area contributed by atoms with Crippen molar-refractivity contribution in [1.29, 1.82) is 0 Å². The van der Waals surface area contributed by atoms with Gasteiger partial charge in [0.1, 0.15) is 0 Å². The molecule has 0 saturated carbocycles. The molecule has 9 heteroatoms. The van der Waals surface area contributed by atoms with E-state index in [9.17, 15) is 10.1 Å². The van der Waals surface area contributed by atoms with Crippen LogP contribution in [0.2, 0.25) is 0 Å². The molecule has 1 saturated heterocycles. The molecule has 0 spiro atoms. The molecule has 2 aromatic rings. The molecule has 3 rings (SSSR count). The Morgan fingerprint density at radius 1 is 1.57 bits per heavy atom. The van der Waals surface area contributed by atoms with Crippen molar-refractivity contribution in [2.24, 2.45) is 0 Å². The maximum atomic E-state index is 10.9. The second kappa shape index (κ2) is 7.05. The molecule has 1 aromatic carbocycles. The fourth-order valence-electron chi connectivity index (χ4n) is 2.49. The molecular weight excluding hydrogens is 318 g/mol. The summed E-state index contributed by atoms with van der Waals surface area (Å²) in [5.74, 6) is 0. The van der Waals surface area contributed by atoms with Crippen LogP contribution in [0.5, 0.6) is 0 Å². The van der Waals surface area contributed by atoms with E-state index < -0.39 is 0 Å². The average molecular weight is 335 g/mol. The summed E-state index contributed by atoms with van der Waals surface area (Å²) in [5.41, 5.74) is 0.963. The minimum atomic E-state index is -0.387. The SMILES string of the molecule is C[C@H](Sc1nnnn1C[C@@H]1CCCO1)c1cccc([N+](=O)[O-])c1. The van der Waals surface area contributed by atoms with Gasteiger partial charge in [0.05, 0.1) is 17.6 Å². The third kappa shape index (κ3) is 3.85. The lowest BCUT2D eigenvalue weighted by molar-refractivity contribution is -0.384. The third-order valence-corrected chi connectivity index (χ3v) is 4.86. The van der Waals surface area contributed by atoms with Gasteiger partial charge in [0, 0.05) is 24.0 Å². The fourth-order valence-corrected chi connectivity index (χ4v) is 3.41. The first-order valence-electron chi connectivity index (χ1n) is 7.42. The fraction of sp³-hybridized carbons (Fsp3) is 0.500. The number of rotatable bonds is 6. The first kappa shape index (κ1) is 15.9. The van der Waals surface area contributed by atoms with Crippen LogP contribution in [0, 0.1) is 10.1 Å². The number of benzene rings is 1. The normalized spacial score (nSPS) is 18.9. The number of tetrazole rings is 1. The highest BCUT2D eigenvalue weighted by Crippen LogP contribution is 2.34. The predicted molar refractivity (Wildman–Crippen MR) is 84.2 cm³/mol. The molecule has 2 atom stereocenters. The van der Waals surface area contributed by atoms with Crippen molar-refractivity contribution in [3.8, 4) is 0 Å². The van der Waals surface area contributed by atoms with Crippen LogP contribution in [0.15, 0.2) is 29.4 Å². The van der Waals surface area contributed by atoms with Gasteiger partial charge >= 0.3 is 0 Å². The Morgan fingerprint density at radius 3 is 3.17 bits per heavy atom. The van der Waals surface area contributed by atoms with E-state index in [4.69, 9.17) is 4.74 Å². The van der Waals surface area contributed by atoms with E-state index in [1.807, 2.05) is 13.0 Å². The van der Waals surface area contributed by atoms with E-state index >= 15 is 0 Å². The molecule has 0 bridgehead atoms. The third-order valence-electron chi connectivity index (χ3n) is 3.73. The zero-order chi connectivity index (χ0) is 16.2. The zero-order valence-electron chi connectivity index (χ0n) is 12.7. The van der Waals surface area contributed by atoms with Crippen molar-refractivity contribution < 1.29 is 9.66 Å². The molecule has 1 aliphatic heterocycles. The molecule has 122 valence electrons. The molecule has 1 aromatic heterocycles. The van der Waals surface area contributed by atoms with Gasteiger partial charge in [-0.2, -0.15) is 0 Å². The highest BCUT2D eigenvalue weighted by Gasteiger charge is 2.21. The maximum absolute atomic E-state index is 10.9. The molecule has 0 amide bonds. The van der Waals surface area contributed by atoms with Crippen molar-refractivity contribution in [3.63, 3.8) is 0 Å². The minimum absolute atomic E-state index is 0.00384. The molecule has 2 heterocycles. The Bertz CT molecular complexity index is 687. The summed E-state index contributed by atoms with van der Waals surface area (Å²) in [5, 5.41) is 23.4. The number of hydrogen-bond donors (Lipinski definition) is 0. The van der Waals surface area contributed by atoms with Crippen LogP contribution in [-0.4, -0.2) is 37.8 Å². The molecule has 0 unspecified atom stereocenters. The molecule has 23 heavy (non-hydrogen) atoms. The summed E-state index contributed by atoms with van der Waals surface area (Å²) < 4.78 is 7.36. The average Bonchev–Trinajstić information content (AvgIpc) is 3.20. The summed E-state index contributed by atoms with van der Waals surface area (Å²) in [6.45, 7) is 3.41.